The lowest BCUT2D eigenvalue weighted by molar-refractivity contribution is 0.865. The molecule has 0 saturated heterocycles. The standard InChI is InChI=1S/C15H15NS.C2H6/c1-10(2)11-7-8-15-13(9-11)16-12-5-3-4-6-14(12)17-15;1-2/h3-10,16H,1-2H3;1-2H3. The molecule has 0 fully saturated rings. The van der Waals surface area contributed by atoms with Crippen LogP contribution in [0.4, 0.5) is 11.4 Å². The summed E-state index contributed by atoms with van der Waals surface area (Å²) in [4.78, 5) is 2.62. The van der Waals surface area contributed by atoms with Gasteiger partial charge in [-0.25, -0.2) is 0 Å². The summed E-state index contributed by atoms with van der Waals surface area (Å²) < 4.78 is 0. The molecule has 0 unspecified atom stereocenters. The fourth-order valence-electron chi connectivity index (χ4n) is 2.02. The van der Waals surface area contributed by atoms with Crippen molar-refractivity contribution in [3.05, 3.63) is 48.0 Å². The Bertz CT molecular complexity index is 561. The molecule has 0 radical (unpaired) electrons. The summed E-state index contributed by atoms with van der Waals surface area (Å²) >= 11 is 1.84. The van der Waals surface area contributed by atoms with Gasteiger partial charge in [-0.2, -0.15) is 0 Å². The smallest absolute Gasteiger partial charge is 0.0529 e. The Hall–Kier alpha value is -1.41. The molecule has 0 atom stereocenters. The van der Waals surface area contributed by atoms with Crippen LogP contribution >= 0.6 is 11.8 Å². The molecular weight excluding hydrogens is 250 g/mol. The van der Waals surface area contributed by atoms with E-state index in [1.807, 2.05) is 25.6 Å². The maximum Gasteiger partial charge on any atom is 0.0529 e. The van der Waals surface area contributed by atoms with Crippen LogP contribution in [0.3, 0.4) is 0 Å². The molecule has 1 heterocycles. The zero-order valence-corrected chi connectivity index (χ0v) is 12.8. The third kappa shape index (κ3) is 2.95. The maximum absolute atomic E-state index is 3.51. The molecule has 0 aliphatic carbocycles. The van der Waals surface area contributed by atoms with Crippen molar-refractivity contribution in [3.8, 4) is 0 Å². The van der Waals surface area contributed by atoms with Crippen LogP contribution in [-0.2, 0) is 0 Å². The van der Waals surface area contributed by atoms with Gasteiger partial charge >= 0.3 is 0 Å². The van der Waals surface area contributed by atoms with Gasteiger partial charge in [0.15, 0.2) is 0 Å². The SMILES string of the molecule is CC.CC(C)c1ccc2c(c1)Nc1ccccc1S2. The lowest BCUT2D eigenvalue weighted by Crippen LogP contribution is -2.00. The van der Waals surface area contributed by atoms with E-state index in [0.29, 0.717) is 5.92 Å². The molecule has 1 aliphatic rings. The summed E-state index contributed by atoms with van der Waals surface area (Å²) in [7, 11) is 0. The number of fused-ring (bicyclic) bond motifs is 2. The van der Waals surface area contributed by atoms with Crippen molar-refractivity contribution in [2.24, 2.45) is 0 Å². The van der Waals surface area contributed by atoms with Gasteiger partial charge in [0.1, 0.15) is 0 Å². The highest BCUT2D eigenvalue weighted by Crippen LogP contribution is 2.44. The average Bonchev–Trinajstić information content (AvgIpc) is 2.46. The zero-order chi connectivity index (χ0) is 13.8. The first kappa shape index (κ1) is 14.0. The second-order valence-electron chi connectivity index (χ2n) is 4.63. The minimum atomic E-state index is 0.573. The molecule has 0 amide bonds. The molecule has 2 heteroatoms. The largest absolute Gasteiger partial charge is 0.354 e. The van der Waals surface area contributed by atoms with Gasteiger partial charge in [-0.05, 0) is 35.7 Å². The monoisotopic (exact) mass is 271 g/mol. The van der Waals surface area contributed by atoms with Crippen molar-refractivity contribution in [3.63, 3.8) is 0 Å². The Balaban J connectivity index is 0.000000637. The molecule has 19 heavy (non-hydrogen) atoms. The van der Waals surface area contributed by atoms with Gasteiger partial charge in [-0.15, -0.1) is 0 Å². The molecule has 1 N–H and O–H groups in total. The first-order valence-electron chi connectivity index (χ1n) is 6.92. The third-order valence-corrected chi connectivity index (χ3v) is 4.20. The number of hydrogen-bond acceptors (Lipinski definition) is 2. The highest BCUT2D eigenvalue weighted by Gasteiger charge is 2.15. The van der Waals surface area contributed by atoms with Crippen molar-refractivity contribution < 1.29 is 0 Å². The lowest BCUT2D eigenvalue weighted by atomic mass is 10.0. The van der Waals surface area contributed by atoms with Gasteiger partial charge in [-0.1, -0.05) is 57.7 Å². The van der Waals surface area contributed by atoms with Crippen molar-refractivity contribution in [2.75, 3.05) is 5.32 Å². The van der Waals surface area contributed by atoms with Crippen molar-refractivity contribution in [1.29, 1.82) is 0 Å². The normalized spacial score (nSPS) is 11.8. The second kappa shape index (κ2) is 6.16. The molecule has 100 valence electrons. The number of hydrogen-bond donors (Lipinski definition) is 1. The van der Waals surface area contributed by atoms with Crippen LogP contribution in [0.25, 0.3) is 0 Å². The number of nitrogens with one attached hydrogen (secondary N) is 1. The molecule has 2 aromatic carbocycles. The minimum absolute atomic E-state index is 0.573. The van der Waals surface area contributed by atoms with Gasteiger partial charge in [0.25, 0.3) is 0 Å². The highest BCUT2D eigenvalue weighted by molar-refractivity contribution is 7.99. The van der Waals surface area contributed by atoms with Crippen molar-refractivity contribution >= 4 is 23.1 Å². The molecule has 1 aliphatic heterocycles. The van der Waals surface area contributed by atoms with Crippen molar-refractivity contribution in [2.45, 2.75) is 43.4 Å². The Kier molecular flexibility index (Phi) is 4.54. The lowest BCUT2D eigenvalue weighted by Gasteiger charge is -2.21. The summed E-state index contributed by atoms with van der Waals surface area (Å²) in [6.07, 6.45) is 0. The second-order valence-corrected chi connectivity index (χ2v) is 5.72. The van der Waals surface area contributed by atoms with Crippen LogP contribution in [0.1, 0.15) is 39.2 Å². The topological polar surface area (TPSA) is 12.0 Å². The van der Waals surface area contributed by atoms with Gasteiger partial charge in [-0.3, -0.25) is 0 Å². The van der Waals surface area contributed by atoms with E-state index in [4.69, 9.17) is 0 Å². The van der Waals surface area contributed by atoms with Crippen LogP contribution in [0.2, 0.25) is 0 Å². The van der Waals surface area contributed by atoms with E-state index in [-0.39, 0.29) is 0 Å². The van der Waals surface area contributed by atoms with E-state index in [2.05, 4.69) is 61.6 Å². The summed E-state index contributed by atoms with van der Waals surface area (Å²) in [5.41, 5.74) is 3.84. The van der Waals surface area contributed by atoms with Gasteiger partial charge < -0.3 is 5.32 Å². The Morgan fingerprint density at radius 2 is 1.58 bits per heavy atom. The molecular formula is C17H21NS. The first-order chi connectivity index (χ1) is 9.24. The van der Waals surface area contributed by atoms with Crippen molar-refractivity contribution in [1.82, 2.24) is 0 Å². The Labute approximate surface area is 120 Å². The quantitative estimate of drug-likeness (QED) is 0.578. The zero-order valence-electron chi connectivity index (χ0n) is 12.0. The Morgan fingerprint density at radius 3 is 2.32 bits per heavy atom. The maximum atomic E-state index is 3.51. The predicted octanol–water partition coefficient (Wildman–Crippen LogP) is 6.04. The molecule has 0 bridgehead atoms. The third-order valence-electron chi connectivity index (χ3n) is 3.05. The van der Waals surface area contributed by atoms with Crippen LogP contribution in [0, 0.1) is 0 Å². The number of benzene rings is 2. The highest BCUT2D eigenvalue weighted by atomic mass is 32.2. The number of para-hydroxylation sites is 1. The van der Waals surface area contributed by atoms with E-state index in [9.17, 15) is 0 Å². The number of anilines is 2. The molecule has 0 spiro atoms. The first-order valence-corrected chi connectivity index (χ1v) is 7.73. The van der Waals surface area contributed by atoms with Gasteiger partial charge in [0, 0.05) is 9.79 Å². The van der Waals surface area contributed by atoms with E-state index >= 15 is 0 Å². The van der Waals surface area contributed by atoms with Crippen LogP contribution in [0.15, 0.2) is 52.3 Å². The average molecular weight is 271 g/mol. The summed E-state index contributed by atoms with van der Waals surface area (Å²) in [5.74, 6) is 0.573. The van der Waals surface area contributed by atoms with Crippen LogP contribution in [-0.4, -0.2) is 0 Å². The fourth-order valence-corrected chi connectivity index (χ4v) is 2.98. The summed E-state index contributed by atoms with van der Waals surface area (Å²) in [6, 6.07) is 15.2. The Morgan fingerprint density at radius 1 is 0.895 bits per heavy atom. The van der Waals surface area contributed by atoms with Crippen LogP contribution < -0.4 is 5.32 Å². The minimum Gasteiger partial charge on any atom is -0.354 e. The van der Waals surface area contributed by atoms with Gasteiger partial charge in [0.05, 0.1) is 11.4 Å². The summed E-state index contributed by atoms with van der Waals surface area (Å²) in [5, 5.41) is 3.51. The van der Waals surface area contributed by atoms with Gasteiger partial charge in [0.2, 0.25) is 0 Å². The van der Waals surface area contributed by atoms with E-state index < -0.39 is 0 Å². The predicted molar refractivity (Wildman–Crippen MR) is 85.7 cm³/mol. The van der Waals surface area contributed by atoms with E-state index in [1.165, 1.54) is 26.7 Å². The fraction of sp³-hybridized carbons (Fsp3) is 0.294. The summed E-state index contributed by atoms with van der Waals surface area (Å²) in [6.45, 7) is 8.46. The molecule has 1 nitrogen and oxygen atoms in total. The molecule has 2 aromatic rings. The van der Waals surface area contributed by atoms with Crippen LogP contribution in [0.5, 0.6) is 0 Å². The van der Waals surface area contributed by atoms with E-state index in [1.54, 1.807) is 0 Å². The molecule has 0 aromatic heterocycles. The molecule has 0 saturated carbocycles. The number of rotatable bonds is 1. The van der Waals surface area contributed by atoms with E-state index in [0.717, 1.165) is 0 Å². The molecule has 3 rings (SSSR count).